The second-order valence-corrected chi connectivity index (χ2v) is 4.22. The average molecular weight is 265 g/mol. The number of carbonyl (C=O) groups excluding carboxylic acids is 1. The van der Waals surface area contributed by atoms with Crippen molar-refractivity contribution in [3.8, 4) is 0 Å². The molecule has 0 bridgehead atoms. The van der Waals surface area contributed by atoms with Gasteiger partial charge in [0, 0.05) is 23.7 Å². The van der Waals surface area contributed by atoms with E-state index in [0.29, 0.717) is 17.7 Å². The summed E-state index contributed by atoms with van der Waals surface area (Å²) in [5.41, 5.74) is 0.973. The zero-order valence-corrected chi connectivity index (χ0v) is 11.2. The molecule has 1 amide bonds. The van der Waals surface area contributed by atoms with Gasteiger partial charge in [0.05, 0.1) is 4.92 Å². The number of nitro benzene ring substituents is 1. The highest BCUT2D eigenvalue weighted by atomic mass is 16.6. The molecule has 0 unspecified atom stereocenters. The molecule has 0 aliphatic carbocycles. The van der Waals surface area contributed by atoms with Gasteiger partial charge in [0.2, 0.25) is 0 Å². The predicted octanol–water partition coefficient (Wildman–Crippen LogP) is 1.63. The Bertz CT molecular complexity index is 460. The van der Waals surface area contributed by atoms with Gasteiger partial charge < -0.3 is 10.6 Å². The van der Waals surface area contributed by atoms with Gasteiger partial charge in [0.15, 0.2) is 0 Å². The SMILES string of the molecule is CCNCCCNC(=O)c1ccc([N+](=O)[O-])c(C)c1. The van der Waals surface area contributed by atoms with Gasteiger partial charge in [-0.3, -0.25) is 14.9 Å². The van der Waals surface area contributed by atoms with E-state index in [1.54, 1.807) is 6.92 Å². The number of rotatable bonds is 7. The number of benzene rings is 1. The molecule has 19 heavy (non-hydrogen) atoms. The molecule has 104 valence electrons. The van der Waals surface area contributed by atoms with Crippen LogP contribution in [-0.2, 0) is 0 Å². The van der Waals surface area contributed by atoms with Crippen LogP contribution < -0.4 is 10.6 Å². The van der Waals surface area contributed by atoms with Crippen molar-refractivity contribution in [3.05, 3.63) is 39.4 Å². The van der Waals surface area contributed by atoms with E-state index in [1.165, 1.54) is 18.2 Å². The van der Waals surface area contributed by atoms with E-state index in [-0.39, 0.29) is 11.6 Å². The first-order chi connectivity index (χ1) is 9.06. The maximum atomic E-state index is 11.8. The van der Waals surface area contributed by atoms with Gasteiger partial charge in [-0.05, 0) is 38.6 Å². The third kappa shape index (κ3) is 4.67. The minimum atomic E-state index is -0.451. The first-order valence-electron chi connectivity index (χ1n) is 6.30. The van der Waals surface area contributed by atoms with Crippen molar-refractivity contribution in [2.75, 3.05) is 19.6 Å². The molecule has 0 saturated carbocycles. The van der Waals surface area contributed by atoms with Crippen molar-refractivity contribution in [2.45, 2.75) is 20.3 Å². The number of nitrogens with zero attached hydrogens (tertiary/aromatic N) is 1. The molecule has 2 N–H and O–H groups in total. The van der Waals surface area contributed by atoms with E-state index < -0.39 is 4.92 Å². The largest absolute Gasteiger partial charge is 0.352 e. The highest BCUT2D eigenvalue weighted by molar-refractivity contribution is 5.94. The number of hydrogen-bond acceptors (Lipinski definition) is 4. The molecule has 6 nitrogen and oxygen atoms in total. The monoisotopic (exact) mass is 265 g/mol. The third-order valence-electron chi connectivity index (χ3n) is 2.72. The fourth-order valence-corrected chi connectivity index (χ4v) is 1.70. The molecule has 0 atom stereocenters. The van der Waals surface area contributed by atoms with Crippen molar-refractivity contribution in [1.82, 2.24) is 10.6 Å². The first-order valence-corrected chi connectivity index (χ1v) is 6.30. The molecule has 6 heteroatoms. The standard InChI is InChI=1S/C13H19N3O3/c1-3-14-7-4-8-15-13(17)11-5-6-12(16(18)19)10(2)9-11/h5-6,9,14H,3-4,7-8H2,1-2H3,(H,15,17). The average Bonchev–Trinajstić information content (AvgIpc) is 2.37. The van der Waals surface area contributed by atoms with Gasteiger partial charge in [-0.1, -0.05) is 6.92 Å². The predicted molar refractivity (Wildman–Crippen MR) is 73.3 cm³/mol. The summed E-state index contributed by atoms with van der Waals surface area (Å²) in [4.78, 5) is 22.0. The van der Waals surface area contributed by atoms with Gasteiger partial charge in [0.25, 0.3) is 11.6 Å². The molecular formula is C13H19N3O3. The topological polar surface area (TPSA) is 84.3 Å². The molecule has 0 saturated heterocycles. The van der Waals surface area contributed by atoms with E-state index in [4.69, 9.17) is 0 Å². The highest BCUT2D eigenvalue weighted by Crippen LogP contribution is 2.18. The van der Waals surface area contributed by atoms with E-state index >= 15 is 0 Å². The molecular weight excluding hydrogens is 246 g/mol. The Balaban J connectivity index is 2.53. The van der Waals surface area contributed by atoms with Gasteiger partial charge in [-0.2, -0.15) is 0 Å². The fourth-order valence-electron chi connectivity index (χ4n) is 1.70. The minimum Gasteiger partial charge on any atom is -0.352 e. The van der Waals surface area contributed by atoms with Gasteiger partial charge in [0.1, 0.15) is 0 Å². The summed E-state index contributed by atoms with van der Waals surface area (Å²) in [7, 11) is 0. The molecule has 0 fully saturated rings. The summed E-state index contributed by atoms with van der Waals surface area (Å²) in [6.45, 7) is 6.01. The maximum absolute atomic E-state index is 11.8. The third-order valence-corrected chi connectivity index (χ3v) is 2.72. The van der Waals surface area contributed by atoms with Crippen LogP contribution in [-0.4, -0.2) is 30.5 Å². The summed E-state index contributed by atoms with van der Waals surface area (Å²) in [5.74, 6) is -0.200. The Kier molecular flexibility index (Phi) is 5.95. The van der Waals surface area contributed by atoms with Crippen LogP contribution in [0.15, 0.2) is 18.2 Å². The number of aryl methyl sites for hydroxylation is 1. The zero-order valence-electron chi connectivity index (χ0n) is 11.2. The summed E-state index contributed by atoms with van der Waals surface area (Å²) in [5, 5.41) is 16.6. The lowest BCUT2D eigenvalue weighted by atomic mass is 10.1. The second-order valence-electron chi connectivity index (χ2n) is 4.22. The second kappa shape index (κ2) is 7.48. The lowest BCUT2D eigenvalue weighted by molar-refractivity contribution is -0.385. The van der Waals surface area contributed by atoms with Gasteiger partial charge in [-0.25, -0.2) is 0 Å². The van der Waals surface area contributed by atoms with Crippen molar-refractivity contribution < 1.29 is 9.72 Å². The quantitative estimate of drug-likeness (QED) is 0.446. The Morgan fingerprint density at radius 3 is 2.68 bits per heavy atom. The molecule has 1 rings (SSSR count). The molecule has 0 aliphatic rings. The van der Waals surface area contributed by atoms with Crippen molar-refractivity contribution in [1.29, 1.82) is 0 Å². The smallest absolute Gasteiger partial charge is 0.272 e. The molecule has 1 aromatic rings. The summed E-state index contributed by atoms with van der Waals surface area (Å²) in [6.07, 6.45) is 0.853. The zero-order chi connectivity index (χ0) is 14.3. The molecule has 0 aliphatic heterocycles. The van der Waals surface area contributed by atoms with Crippen molar-refractivity contribution in [3.63, 3.8) is 0 Å². The fraction of sp³-hybridized carbons (Fsp3) is 0.462. The normalized spacial score (nSPS) is 10.2. The van der Waals surface area contributed by atoms with Crippen LogP contribution in [0.2, 0.25) is 0 Å². The lowest BCUT2D eigenvalue weighted by Gasteiger charge is -2.06. The minimum absolute atomic E-state index is 0.0312. The Labute approximate surface area is 112 Å². The molecule has 0 aromatic heterocycles. The number of carbonyl (C=O) groups is 1. The maximum Gasteiger partial charge on any atom is 0.272 e. The van der Waals surface area contributed by atoms with Crippen LogP contribution in [0.25, 0.3) is 0 Å². The highest BCUT2D eigenvalue weighted by Gasteiger charge is 2.13. The van der Waals surface area contributed by atoms with E-state index in [2.05, 4.69) is 10.6 Å². The van der Waals surface area contributed by atoms with E-state index in [1.807, 2.05) is 6.92 Å². The van der Waals surface area contributed by atoms with Crippen molar-refractivity contribution in [2.24, 2.45) is 0 Å². The van der Waals surface area contributed by atoms with Crippen LogP contribution in [0.1, 0.15) is 29.3 Å². The van der Waals surface area contributed by atoms with Crippen molar-refractivity contribution >= 4 is 11.6 Å². The molecule has 1 aromatic carbocycles. The van der Waals surface area contributed by atoms with Gasteiger partial charge >= 0.3 is 0 Å². The van der Waals surface area contributed by atoms with E-state index in [9.17, 15) is 14.9 Å². The van der Waals surface area contributed by atoms with Crippen LogP contribution in [0, 0.1) is 17.0 Å². The Morgan fingerprint density at radius 1 is 1.37 bits per heavy atom. The van der Waals surface area contributed by atoms with Crippen LogP contribution in [0.4, 0.5) is 5.69 Å². The number of nitrogens with one attached hydrogen (secondary N) is 2. The number of hydrogen-bond donors (Lipinski definition) is 2. The molecule has 0 spiro atoms. The number of nitro groups is 1. The summed E-state index contributed by atoms with van der Waals surface area (Å²) >= 11 is 0. The molecule has 0 radical (unpaired) electrons. The van der Waals surface area contributed by atoms with E-state index in [0.717, 1.165) is 19.5 Å². The summed E-state index contributed by atoms with van der Waals surface area (Å²) in [6, 6.07) is 4.38. The van der Waals surface area contributed by atoms with Crippen LogP contribution in [0.5, 0.6) is 0 Å². The summed E-state index contributed by atoms with van der Waals surface area (Å²) < 4.78 is 0. The Morgan fingerprint density at radius 2 is 2.11 bits per heavy atom. The molecule has 0 heterocycles. The number of amides is 1. The first kappa shape index (κ1) is 15.1. The van der Waals surface area contributed by atoms with Crippen LogP contribution >= 0.6 is 0 Å². The van der Waals surface area contributed by atoms with Crippen LogP contribution in [0.3, 0.4) is 0 Å². The van der Waals surface area contributed by atoms with Gasteiger partial charge in [-0.15, -0.1) is 0 Å². The lowest BCUT2D eigenvalue weighted by Crippen LogP contribution is -2.27. The Hall–Kier alpha value is -1.95.